The van der Waals surface area contributed by atoms with Crippen LogP contribution in [0.4, 0.5) is 26.3 Å². The van der Waals surface area contributed by atoms with E-state index < -0.39 is 29.5 Å². The maximum atomic E-state index is 13.8. The van der Waals surface area contributed by atoms with Gasteiger partial charge < -0.3 is 10.1 Å². The van der Waals surface area contributed by atoms with Crippen molar-refractivity contribution in [3.63, 3.8) is 0 Å². The van der Waals surface area contributed by atoms with E-state index in [2.05, 4.69) is 5.32 Å². The molecule has 28 heavy (non-hydrogen) atoms. The van der Waals surface area contributed by atoms with E-state index in [-0.39, 0.29) is 35.7 Å². The van der Waals surface area contributed by atoms with Gasteiger partial charge in [0.1, 0.15) is 5.75 Å². The first-order valence-corrected chi connectivity index (χ1v) is 8.94. The number of hydrogen-bond acceptors (Lipinski definition) is 3. The van der Waals surface area contributed by atoms with Gasteiger partial charge in [-0.1, -0.05) is 6.42 Å². The molecule has 2 aliphatic rings. The van der Waals surface area contributed by atoms with Gasteiger partial charge in [-0.05, 0) is 30.9 Å². The second-order valence-electron chi connectivity index (χ2n) is 7.06. The van der Waals surface area contributed by atoms with Crippen molar-refractivity contribution in [2.24, 2.45) is 5.92 Å². The first-order chi connectivity index (χ1) is 12.6. The first kappa shape index (κ1) is 23.1. The van der Waals surface area contributed by atoms with Gasteiger partial charge in [-0.25, -0.2) is 0 Å². The third kappa shape index (κ3) is 4.68. The molecule has 3 rings (SSSR count). The Balaban J connectivity index is 0.00000280. The van der Waals surface area contributed by atoms with Gasteiger partial charge in [-0.15, -0.1) is 12.4 Å². The smallest absolute Gasteiger partial charge is 0.416 e. The number of nitrogens with one attached hydrogen (secondary N) is 1. The second kappa shape index (κ2) is 8.67. The van der Waals surface area contributed by atoms with Crippen LogP contribution in [-0.4, -0.2) is 38.2 Å². The predicted molar refractivity (Wildman–Crippen MR) is 94.8 cm³/mol. The summed E-state index contributed by atoms with van der Waals surface area (Å²) in [6.07, 6.45) is -7.35. The topological polar surface area (TPSA) is 24.5 Å². The van der Waals surface area contributed by atoms with Crippen LogP contribution in [0.25, 0.3) is 0 Å². The fraction of sp³-hybridized carbons (Fsp3) is 0.667. The minimum absolute atomic E-state index is 0. The van der Waals surface area contributed by atoms with Crippen LogP contribution in [0.3, 0.4) is 0 Å². The molecule has 1 saturated heterocycles. The molecular weight excluding hydrogens is 410 g/mol. The van der Waals surface area contributed by atoms with Gasteiger partial charge >= 0.3 is 12.4 Å². The molecule has 0 unspecified atom stereocenters. The molecule has 2 fully saturated rings. The Kier molecular flexibility index (Phi) is 7.15. The standard InChI is InChI=1S/C18H22F6N2O.ClH/c1-27-14-10-12(17(19,20)21)9-13(18(22,23)24)15(14)16(11-3-2-4-11)26-7-5-25-6-8-26;/h9-11,16,25H,2-8H2,1H3;1H/t16-;/m0./s1. The second-order valence-corrected chi connectivity index (χ2v) is 7.06. The quantitative estimate of drug-likeness (QED) is 0.685. The Morgan fingerprint density at radius 1 is 1.04 bits per heavy atom. The Labute approximate surface area is 165 Å². The lowest BCUT2D eigenvalue weighted by Gasteiger charge is -2.44. The molecule has 1 aromatic carbocycles. The molecule has 1 heterocycles. The minimum Gasteiger partial charge on any atom is -0.496 e. The molecule has 0 aromatic heterocycles. The molecule has 1 aliphatic carbocycles. The monoisotopic (exact) mass is 432 g/mol. The zero-order valence-corrected chi connectivity index (χ0v) is 16.1. The zero-order chi connectivity index (χ0) is 19.8. The number of alkyl halides is 6. The summed E-state index contributed by atoms with van der Waals surface area (Å²) in [5.41, 5.74) is -2.75. The minimum atomic E-state index is -4.90. The van der Waals surface area contributed by atoms with Gasteiger partial charge in [0.2, 0.25) is 0 Å². The van der Waals surface area contributed by atoms with E-state index in [0.29, 0.717) is 32.2 Å². The Bertz CT molecular complexity index is 669. The summed E-state index contributed by atoms with van der Waals surface area (Å²) < 4.78 is 85.9. The number of piperazine rings is 1. The van der Waals surface area contributed by atoms with Crippen molar-refractivity contribution < 1.29 is 31.1 Å². The summed E-state index contributed by atoms with van der Waals surface area (Å²) in [6, 6.07) is 0.319. The molecule has 1 N–H and O–H groups in total. The number of hydrogen-bond donors (Lipinski definition) is 1. The molecule has 0 radical (unpaired) electrons. The van der Waals surface area contributed by atoms with Crippen molar-refractivity contribution in [2.45, 2.75) is 37.7 Å². The van der Waals surface area contributed by atoms with Crippen molar-refractivity contribution in [1.29, 1.82) is 0 Å². The maximum Gasteiger partial charge on any atom is 0.416 e. The number of rotatable bonds is 4. The first-order valence-electron chi connectivity index (χ1n) is 8.94. The molecule has 0 bridgehead atoms. The van der Waals surface area contributed by atoms with Crippen LogP contribution < -0.4 is 10.1 Å². The molecule has 3 nitrogen and oxygen atoms in total. The van der Waals surface area contributed by atoms with Crippen LogP contribution in [0.5, 0.6) is 5.75 Å². The highest BCUT2D eigenvalue weighted by Crippen LogP contribution is 2.50. The van der Waals surface area contributed by atoms with Crippen LogP contribution in [0.1, 0.15) is 42.0 Å². The molecule has 1 aliphatic heterocycles. The van der Waals surface area contributed by atoms with Gasteiger partial charge in [-0.2, -0.15) is 26.3 Å². The molecule has 1 saturated carbocycles. The number of benzene rings is 1. The van der Waals surface area contributed by atoms with Crippen molar-refractivity contribution in [2.75, 3.05) is 33.3 Å². The van der Waals surface area contributed by atoms with Crippen LogP contribution in [-0.2, 0) is 12.4 Å². The van der Waals surface area contributed by atoms with Crippen LogP contribution >= 0.6 is 12.4 Å². The van der Waals surface area contributed by atoms with Gasteiger partial charge in [-0.3, -0.25) is 4.90 Å². The fourth-order valence-corrected chi connectivity index (χ4v) is 3.93. The molecule has 160 valence electrons. The maximum absolute atomic E-state index is 13.8. The highest BCUT2D eigenvalue weighted by atomic mass is 35.5. The number of methoxy groups -OCH3 is 1. The van der Waals surface area contributed by atoms with Gasteiger partial charge in [0.15, 0.2) is 0 Å². The van der Waals surface area contributed by atoms with E-state index in [0.717, 1.165) is 26.4 Å². The zero-order valence-electron chi connectivity index (χ0n) is 15.3. The highest BCUT2D eigenvalue weighted by Gasteiger charge is 2.45. The van der Waals surface area contributed by atoms with E-state index in [1.54, 1.807) is 0 Å². The van der Waals surface area contributed by atoms with Crippen LogP contribution in [0, 0.1) is 5.92 Å². The normalized spacial score (nSPS) is 20.2. The molecule has 1 atom stereocenters. The van der Waals surface area contributed by atoms with Gasteiger partial charge in [0.25, 0.3) is 0 Å². The third-order valence-corrected chi connectivity index (χ3v) is 5.43. The Hall–Kier alpha value is -1.19. The van der Waals surface area contributed by atoms with E-state index in [9.17, 15) is 26.3 Å². The average Bonchev–Trinajstić information content (AvgIpc) is 2.56. The molecule has 1 aromatic rings. The number of nitrogens with zero attached hydrogens (tertiary/aromatic N) is 1. The van der Waals surface area contributed by atoms with Crippen molar-refractivity contribution in [3.8, 4) is 5.75 Å². The van der Waals surface area contributed by atoms with Crippen LogP contribution in [0.15, 0.2) is 12.1 Å². The van der Waals surface area contributed by atoms with Crippen molar-refractivity contribution >= 4 is 12.4 Å². The summed E-state index contributed by atoms with van der Waals surface area (Å²) in [4.78, 5) is 1.95. The Morgan fingerprint density at radius 3 is 2.07 bits per heavy atom. The predicted octanol–water partition coefficient (Wildman–Crippen LogP) is 4.90. The third-order valence-electron chi connectivity index (χ3n) is 5.43. The van der Waals surface area contributed by atoms with Gasteiger partial charge in [0, 0.05) is 37.8 Å². The number of halogens is 7. The van der Waals surface area contributed by atoms with Crippen LogP contribution in [0.2, 0.25) is 0 Å². The lowest BCUT2D eigenvalue weighted by Crippen LogP contribution is -2.48. The number of ether oxygens (including phenoxy) is 1. The molecule has 0 spiro atoms. The SMILES string of the molecule is COc1cc(C(F)(F)F)cc(C(F)(F)F)c1[C@H](C1CCC1)N1CCNCC1.Cl. The summed E-state index contributed by atoms with van der Waals surface area (Å²) in [5.74, 6) is -0.359. The lowest BCUT2D eigenvalue weighted by molar-refractivity contribution is -0.144. The van der Waals surface area contributed by atoms with E-state index in [1.165, 1.54) is 0 Å². The van der Waals surface area contributed by atoms with E-state index >= 15 is 0 Å². The average molecular weight is 433 g/mol. The largest absolute Gasteiger partial charge is 0.496 e. The van der Waals surface area contributed by atoms with Gasteiger partial charge in [0.05, 0.1) is 18.2 Å². The van der Waals surface area contributed by atoms with Crippen molar-refractivity contribution in [1.82, 2.24) is 10.2 Å². The summed E-state index contributed by atoms with van der Waals surface area (Å²) >= 11 is 0. The van der Waals surface area contributed by atoms with Crippen molar-refractivity contribution in [3.05, 3.63) is 28.8 Å². The summed E-state index contributed by atoms with van der Waals surface area (Å²) in [5, 5.41) is 3.15. The van der Waals surface area contributed by atoms with E-state index in [4.69, 9.17) is 4.74 Å². The fourth-order valence-electron chi connectivity index (χ4n) is 3.93. The highest BCUT2D eigenvalue weighted by molar-refractivity contribution is 5.85. The summed E-state index contributed by atoms with van der Waals surface area (Å²) in [7, 11) is 1.12. The summed E-state index contributed by atoms with van der Waals surface area (Å²) in [6.45, 7) is 2.35. The Morgan fingerprint density at radius 2 is 1.64 bits per heavy atom. The molecule has 10 heteroatoms. The molecular formula is C18H23ClF6N2O. The van der Waals surface area contributed by atoms with E-state index in [1.807, 2.05) is 4.90 Å². The lowest BCUT2D eigenvalue weighted by atomic mass is 9.74. The molecule has 0 amide bonds.